The summed E-state index contributed by atoms with van der Waals surface area (Å²) in [5.74, 6) is 1.63. The van der Waals surface area contributed by atoms with Crippen molar-refractivity contribution in [2.75, 3.05) is 12.5 Å². The minimum absolute atomic E-state index is 0.306. The van der Waals surface area contributed by atoms with E-state index in [2.05, 4.69) is 0 Å². The minimum atomic E-state index is 0.306. The molecule has 0 saturated carbocycles. The van der Waals surface area contributed by atoms with Crippen molar-refractivity contribution < 1.29 is 9.47 Å². The molecule has 0 fully saturated rings. The Balaban J connectivity index is 2.69. The summed E-state index contributed by atoms with van der Waals surface area (Å²) in [4.78, 5) is 0. The summed E-state index contributed by atoms with van der Waals surface area (Å²) in [6.07, 6.45) is 0. The Morgan fingerprint density at radius 3 is 2.67 bits per heavy atom. The van der Waals surface area contributed by atoms with E-state index in [1.807, 2.05) is 19.9 Å². The number of hydrogen-bond donors (Lipinski definition) is 1. The van der Waals surface area contributed by atoms with Crippen molar-refractivity contribution in [3.63, 3.8) is 0 Å². The van der Waals surface area contributed by atoms with Crippen LogP contribution in [0.15, 0.2) is 6.07 Å². The molecule has 0 unspecified atom stereocenters. The van der Waals surface area contributed by atoms with Gasteiger partial charge in [-0.05, 0) is 25.5 Å². The van der Waals surface area contributed by atoms with Gasteiger partial charge in [0, 0.05) is 11.3 Å². The predicted molar refractivity (Wildman–Crippen MR) is 46.5 cm³/mol. The molecule has 0 atom stereocenters. The highest BCUT2D eigenvalue weighted by atomic mass is 16.7. The SMILES string of the molecule is Cc1cc(N)c(C)c2c1OCO2. The lowest BCUT2D eigenvalue weighted by molar-refractivity contribution is 0.173. The molecule has 1 aliphatic heterocycles. The largest absolute Gasteiger partial charge is 0.453 e. The van der Waals surface area contributed by atoms with Crippen LogP contribution in [0.2, 0.25) is 0 Å². The molecule has 0 radical (unpaired) electrons. The number of ether oxygens (including phenoxy) is 2. The molecule has 1 aromatic rings. The molecule has 0 aromatic heterocycles. The van der Waals surface area contributed by atoms with Gasteiger partial charge in [0.05, 0.1) is 0 Å². The van der Waals surface area contributed by atoms with Gasteiger partial charge in [0.1, 0.15) is 0 Å². The van der Waals surface area contributed by atoms with E-state index in [1.54, 1.807) is 0 Å². The minimum Gasteiger partial charge on any atom is -0.453 e. The van der Waals surface area contributed by atoms with Gasteiger partial charge in [-0.3, -0.25) is 0 Å². The second kappa shape index (κ2) is 2.30. The van der Waals surface area contributed by atoms with Crippen LogP contribution in [0.5, 0.6) is 11.5 Å². The van der Waals surface area contributed by atoms with Crippen molar-refractivity contribution in [2.24, 2.45) is 0 Å². The van der Waals surface area contributed by atoms with Gasteiger partial charge in [-0.2, -0.15) is 0 Å². The number of benzene rings is 1. The van der Waals surface area contributed by atoms with Crippen LogP contribution in [0.25, 0.3) is 0 Å². The molecule has 0 bridgehead atoms. The fourth-order valence-corrected chi connectivity index (χ4v) is 1.39. The molecule has 2 rings (SSSR count). The van der Waals surface area contributed by atoms with E-state index in [0.717, 1.165) is 28.3 Å². The van der Waals surface area contributed by atoms with E-state index in [9.17, 15) is 0 Å². The molecule has 0 aliphatic carbocycles. The number of aryl methyl sites for hydroxylation is 1. The fraction of sp³-hybridized carbons (Fsp3) is 0.333. The first kappa shape index (κ1) is 7.28. The van der Waals surface area contributed by atoms with Crippen molar-refractivity contribution in [1.29, 1.82) is 0 Å². The predicted octanol–water partition coefficient (Wildman–Crippen LogP) is 1.61. The Bertz CT molecular complexity index is 334. The highest BCUT2D eigenvalue weighted by Gasteiger charge is 2.19. The van der Waals surface area contributed by atoms with Crippen LogP contribution in [0, 0.1) is 13.8 Å². The van der Waals surface area contributed by atoms with E-state index in [-0.39, 0.29) is 0 Å². The van der Waals surface area contributed by atoms with Crippen molar-refractivity contribution in [1.82, 2.24) is 0 Å². The smallest absolute Gasteiger partial charge is 0.231 e. The Labute approximate surface area is 71.1 Å². The zero-order valence-corrected chi connectivity index (χ0v) is 7.18. The van der Waals surface area contributed by atoms with Gasteiger partial charge in [0.2, 0.25) is 6.79 Å². The number of nitrogens with two attached hydrogens (primary N) is 1. The van der Waals surface area contributed by atoms with Crippen molar-refractivity contribution >= 4 is 5.69 Å². The van der Waals surface area contributed by atoms with Gasteiger partial charge in [-0.25, -0.2) is 0 Å². The van der Waals surface area contributed by atoms with Crippen molar-refractivity contribution in [3.8, 4) is 11.5 Å². The lowest BCUT2D eigenvalue weighted by Gasteiger charge is -2.06. The summed E-state index contributed by atoms with van der Waals surface area (Å²) >= 11 is 0. The van der Waals surface area contributed by atoms with Crippen LogP contribution in [-0.4, -0.2) is 6.79 Å². The van der Waals surface area contributed by atoms with Gasteiger partial charge in [0.15, 0.2) is 11.5 Å². The zero-order chi connectivity index (χ0) is 8.72. The van der Waals surface area contributed by atoms with Crippen molar-refractivity contribution in [3.05, 3.63) is 17.2 Å². The Kier molecular flexibility index (Phi) is 1.40. The standard InChI is InChI=1S/C9H11NO2/c1-5-3-7(10)6(2)9-8(5)11-4-12-9/h3H,4,10H2,1-2H3. The maximum atomic E-state index is 5.76. The third-order valence-corrected chi connectivity index (χ3v) is 2.12. The Morgan fingerprint density at radius 1 is 1.25 bits per heavy atom. The first-order chi connectivity index (χ1) is 5.70. The second-order valence-electron chi connectivity index (χ2n) is 2.97. The highest BCUT2D eigenvalue weighted by molar-refractivity contribution is 5.64. The Hall–Kier alpha value is -1.38. The molecule has 1 aromatic carbocycles. The molecule has 1 aliphatic rings. The molecule has 3 nitrogen and oxygen atoms in total. The zero-order valence-electron chi connectivity index (χ0n) is 7.18. The van der Waals surface area contributed by atoms with Crippen LogP contribution < -0.4 is 15.2 Å². The third kappa shape index (κ3) is 0.826. The Morgan fingerprint density at radius 2 is 1.92 bits per heavy atom. The number of fused-ring (bicyclic) bond motifs is 1. The fourth-order valence-electron chi connectivity index (χ4n) is 1.39. The van der Waals surface area contributed by atoms with Gasteiger partial charge in [-0.15, -0.1) is 0 Å². The third-order valence-electron chi connectivity index (χ3n) is 2.12. The summed E-state index contributed by atoms with van der Waals surface area (Å²) in [6.45, 7) is 4.20. The molecule has 3 heteroatoms. The van der Waals surface area contributed by atoms with Gasteiger partial charge in [-0.1, -0.05) is 0 Å². The molecular weight excluding hydrogens is 154 g/mol. The molecule has 1 heterocycles. The lowest BCUT2D eigenvalue weighted by Crippen LogP contribution is -1.94. The van der Waals surface area contributed by atoms with Crippen LogP contribution in [0.3, 0.4) is 0 Å². The first-order valence-electron chi connectivity index (χ1n) is 3.85. The molecule has 0 saturated heterocycles. The normalized spacial score (nSPS) is 13.5. The number of hydrogen-bond acceptors (Lipinski definition) is 3. The summed E-state index contributed by atoms with van der Waals surface area (Å²) in [5, 5.41) is 0. The quantitative estimate of drug-likeness (QED) is 0.594. The van der Waals surface area contributed by atoms with E-state index < -0.39 is 0 Å². The molecule has 64 valence electrons. The van der Waals surface area contributed by atoms with E-state index >= 15 is 0 Å². The van der Waals surface area contributed by atoms with Crippen LogP contribution >= 0.6 is 0 Å². The summed E-state index contributed by atoms with van der Waals surface area (Å²) in [5.41, 5.74) is 8.52. The van der Waals surface area contributed by atoms with Crippen LogP contribution in [0.4, 0.5) is 5.69 Å². The van der Waals surface area contributed by atoms with Gasteiger partial charge in [0.25, 0.3) is 0 Å². The summed E-state index contributed by atoms with van der Waals surface area (Å²) in [6, 6.07) is 1.91. The van der Waals surface area contributed by atoms with Crippen LogP contribution in [0.1, 0.15) is 11.1 Å². The molecule has 12 heavy (non-hydrogen) atoms. The number of anilines is 1. The maximum absolute atomic E-state index is 5.76. The van der Waals surface area contributed by atoms with E-state index in [1.165, 1.54) is 0 Å². The summed E-state index contributed by atoms with van der Waals surface area (Å²) in [7, 11) is 0. The first-order valence-corrected chi connectivity index (χ1v) is 3.85. The van der Waals surface area contributed by atoms with Gasteiger partial charge >= 0.3 is 0 Å². The maximum Gasteiger partial charge on any atom is 0.231 e. The number of nitrogen functional groups attached to an aromatic ring is 1. The average molecular weight is 165 g/mol. The van der Waals surface area contributed by atoms with E-state index in [0.29, 0.717) is 6.79 Å². The lowest BCUT2D eigenvalue weighted by atomic mass is 10.1. The second-order valence-corrected chi connectivity index (χ2v) is 2.97. The highest BCUT2D eigenvalue weighted by Crippen LogP contribution is 2.40. The van der Waals surface area contributed by atoms with E-state index in [4.69, 9.17) is 15.2 Å². The molecule has 0 amide bonds. The topological polar surface area (TPSA) is 44.5 Å². The summed E-state index contributed by atoms with van der Waals surface area (Å²) < 4.78 is 10.6. The average Bonchev–Trinajstić information content (AvgIpc) is 2.48. The van der Waals surface area contributed by atoms with Crippen molar-refractivity contribution in [2.45, 2.75) is 13.8 Å². The molecular formula is C9H11NO2. The number of rotatable bonds is 0. The molecule has 2 N–H and O–H groups in total. The van der Waals surface area contributed by atoms with Crippen LogP contribution in [-0.2, 0) is 0 Å². The monoisotopic (exact) mass is 165 g/mol. The van der Waals surface area contributed by atoms with Gasteiger partial charge < -0.3 is 15.2 Å². The molecule has 0 spiro atoms.